The van der Waals surface area contributed by atoms with E-state index < -0.39 is 30.3 Å². The maximum Gasteiger partial charge on any atom is 0.303 e. The Bertz CT molecular complexity index is 701. The van der Waals surface area contributed by atoms with Crippen LogP contribution in [0.1, 0.15) is 51.8 Å². The monoisotopic (exact) mass is 362 g/mol. The van der Waals surface area contributed by atoms with E-state index in [1.165, 1.54) is 13.8 Å². The van der Waals surface area contributed by atoms with E-state index >= 15 is 0 Å². The lowest BCUT2D eigenvalue weighted by atomic mass is 9.84. The highest BCUT2D eigenvalue weighted by molar-refractivity contribution is 5.67. The summed E-state index contributed by atoms with van der Waals surface area (Å²) < 4.78 is 16.2. The van der Waals surface area contributed by atoms with Crippen molar-refractivity contribution < 1.29 is 28.9 Å². The number of aromatic hydroxyl groups is 1. The van der Waals surface area contributed by atoms with E-state index in [0.29, 0.717) is 5.56 Å². The number of phenols is 1. The zero-order valence-electron chi connectivity index (χ0n) is 15.8. The standard InChI is InChI=1S/C20H26O6/c1-12(21)24-11-18-17(25-13(2)22)10-9-16(26-18)14-7-6-8-15(19(14)23)20(3,4)5/h6-10,16-18,23H,11H2,1-5H3/t16-,17-,18+/m0/s1. The van der Waals surface area contributed by atoms with Crippen LogP contribution in [-0.2, 0) is 29.2 Å². The first-order valence-corrected chi connectivity index (χ1v) is 8.56. The van der Waals surface area contributed by atoms with Gasteiger partial charge in [-0.15, -0.1) is 0 Å². The van der Waals surface area contributed by atoms with E-state index in [9.17, 15) is 14.7 Å². The Morgan fingerprint density at radius 1 is 1.15 bits per heavy atom. The molecular weight excluding hydrogens is 336 g/mol. The maximum atomic E-state index is 11.3. The third-order valence-electron chi connectivity index (χ3n) is 4.10. The number of phenolic OH excluding ortho intramolecular Hbond substituents is 1. The number of esters is 2. The van der Waals surface area contributed by atoms with Gasteiger partial charge in [-0.1, -0.05) is 45.0 Å². The van der Waals surface area contributed by atoms with Gasteiger partial charge in [0, 0.05) is 19.4 Å². The molecule has 0 bridgehead atoms. The number of rotatable bonds is 4. The van der Waals surface area contributed by atoms with Crippen molar-refractivity contribution in [3.05, 3.63) is 41.5 Å². The lowest BCUT2D eigenvalue weighted by molar-refractivity contribution is -0.163. The molecule has 1 aliphatic rings. The van der Waals surface area contributed by atoms with Crippen LogP contribution in [0.4, 0.5) is 0 Å². The van der Waals surface area contributed by atoms with Crippen molar-refractivity contribution in [3.8, 4) is 5.75 Å². The molecular formula is C20H26O6. The Kier molecular flexibility index (Phi) is 6.08. The summed E-state index contributed by atoms with van der Waals surface area (Å²) in [7, 11) is 0. The van der Waals surface area contributed by atoms with E-state index in [1.807, 2.05) is 32.9 Å². The minimum Gasteiger partial charge on any atom is -0.507 e. The summed E-state index contributed by atoms with van der Waals surface area (Å²) in [6, 6.07) is 5.53. The van der Waals surface area contributed by atoms with Gasteiger partial charge in [-0.2, -0.15) is 0 Å². The van der Waals surface area contributed by atoms with Crippen molar-refractivity contribution in [3.63, 3.8) is 0 Å². The van der Waals surface area contributed by atoms with Crippen LogP contribution in [0.5, 0.6) is 5.75 Å². The molecule has 0 spiro atoms. The van der Waals surface area contributed by atoms with Crippen LogP contribution in [0.2, 0.25) is 0 Å². The van der Waals surface area contributed by atoms with Crippen LogP contribution >= 0.6 is 0 Å². The highest BCUT2D eigenvalue weighted by Crippen LogP contribution is 2.39. The molecule has 0 amide bonds. The summed E-state index contributed by atoms with van der Waals surface area (Å²) in [5, 5.41) is 10.7. The van der Waals surface area contributed by atoms with Gasteiger partial charge < -0.3 is 19.3 Å². The van der Waals surface area contributed by atoms with E-state index in [2.05, 4.69) is 0 Å². The van der Waals surface area contributed by atoms with Gasteiger partial charge in [-0.3, -0.25) is 9.59 Å². The lowest BCUT2D eigenvalue weighted by Gasteiger charge is -2.32. The van der Waals surface area contributed by atoms with Crippen molar-refractivity contribution in [2.75, 3.05) is 6.61 Å². The summed E-state index contributed by atoms with van der Waals surface area (Å²) in [6.45, 7) is 8.61. The maximum absolute atomic E-state index is 11.3. The molecule has 1 aromatic rings. The summed E-state index contributed by atoms with van der Waals surface area (Å²) in [4.78, 5) is 22.4. The second-order valence-corrected chi connectivity index (χ2v) is 7.35. The Morgan fingerprint density at radius 2 is 1.85 bits per heavy atom. The SMILES string of the molecule is CC(=O)OC[C@H]1O[C@H](c2cccc(C(C)(C)C)c2O)C=C[C@@H]1OC(C)=O. The topological polar surface area (TPSA) is 82.1 Å². The van der Waals surface area contributed by atoms with Gasteiger partial charge in [0.1, 0.15) is 30.7 Å². The van der Waals surface area contributed by atoms with E-state index in [1.54, 1.807) is 18.2 Å². The number of carbonyl (C=O) groups is 2. The fourth-order valence-corrected chi connectivity index (χ4v) is 2.86. The predicted molar refractivity (Wildman–Crippen MR) is 95.7 cm³/mol. The average molecular weight is 362 g/mol. The van der Waals surface area contributed by atoms with Gasteiger partial charge >= 0.3 is 11.9 Å². The number of carbonyl (C=O) groups excluding carboxylic acids is 2. The number of para-hydroxylation sites is 1. The van der Waals surface area contributed by atoms with Gasteiger partial charge in [-0.25, -0.2) is 0 Å². The van der Waals surface area contributed by atoms with Crippen molar-refractivity contribution in [2.45, 2.75) is 58.3 Å². The van der Waals surface area contributed by atoms with Crippen LogP contribution in [-0.4, -0.2) is 35.9 Å². The molecule has 0 radical (unpaired) electrons. The van der Waals surface area contributed by atoms with Crippen LogP contribution < -0.4 is 0 Å². The minimum absolute atomic E-state index is 0.0478. The number of benzene rings is 1. The zero-order chi connectivity index (χ0) is 19.5. The molecule has 142 valence electrons. The number of hydrogen-bond acceptors (Lipinski definition) is 6. The Hall–Kier alpha value is -2.34. The van der Waals surface area contributed by atoms with Gasteiger partial charge in [0.2, 0.25) is 0 Å². The molecule has 0 fully saturated rings. The molecule has 6 heteroatoms. The summed E-state index contributed by atoms with van der Waals surface area (Å²) >= 11 is 0. The molecule has 0 saturated carbocycles. The molecule has 1 aromatic carbocycles. The highest BCUT2D eigenvalue weighted by atomic mass is 16.6. The molecule has 1 N–H and O–H groups in total. The summed E-state index contributed by atoms with van der Waals surface area (Å²) in [6.07, 6.45) is 1.59. The smallest absolute Gasteiger partial charge is 0.303 e. The van der Waals surface area contributed by atoms with Crippen LogP contribution in [0.3, 0.4) is 0 Å². The molecule has 6 nitrogen and oxygen atoms in total. The summed E-state index contributed by atoms with van der Waals surface area (Å²) in [5.74, 6) is -0.724. The Labute approximate surface area is 153 Å². The normalized spacial score (nSPS) is 22.7. The third-order valence-corrected chi connectivity index (χ3v) is 4.10. The van der Waals surface area contributed by atoms with Gasteiger partial charge in [-0.05, 0) is 17.1 Å². The Morgan fingerprint density at radius 3 is 2.42 bits per heavy atom. The minimum atomic E-state index is -0.657. The quantitative estimate of drug-likeness (QED) is 0.654. The second-order valence-electron chi connectivity index (χ2n) is 7.35. The Balaban J connectivity index is 2.31. The van der Waals surface area contributed by atoms with Crippen molar-refractivity contribution in [1.82, 2.24) is 0 Å². The fourth-order valence-electron chi connectivity index (χ4n) is 2.86. The molecule has 0 unspecified atom stereocenters. The van der Waals surface area contributed by atoms with E-state index in [0.717, 1.165) is 5.56 Å². The first kappa shape index (κ1) is 20.0. The van der Waals surface area contributed by atoms with Crippen LogP contribution in [0.25, 0.3) is 0 Å². The first-order valence-electron chi connectivity index (χ1n) is 8.56. The molecule has 0 aromatic heterocycles. The second kappa shape index (κ2) is 7.91. The molecule has 0 aliphatic carbocycles. The van der Waals surface area contributed by atoms with E-state index in [4.69, 9.17) is 14.2 Å². The predicted octanol–water partition coefficient (Wildman–Crippen LogP) is 3.18. The van der Waals surface area contributed by atoms with Crippen LogP contribution in [0.15, 0.2) is 30.4 Å². The van der Waals surface area contributed by atoms with Crippen molar-refractivity contribution >= 4 is 11.9 Å². The number of ether oxygens (including phenoxy) is 3. The largest absolute Gasteiger partial charge is 0.507 e. The lowest BCUT2D eigenvalue weighted by Crippen LogP contribution is -2.39. The molecule has 2 rings (SSSR count). The third kappa shape index (κ3) is 4.85. The molecule has 1 heterocycles. The number of hydrogen-bond donors (Lipinski definition) is 1. The van der Waals surface area contributed by atoms with Crippen molar-refractivity contribution in [2.24, 2.45) is 0 Å². The average Bonchev–Trinajstić information content (AvgIpc) is 2.52. The summed E-state index contributed by atoms with van der Waals surface area (Å²) in [5.41, 5.74) is 1.20. The first-order chi connectivity index (χ1) is 12.1. The molecule has 1 aliphatic heterocycles. The molecule has 3 atom stereocenters. The fraction of sp³-hybridized carbons (Fsp3) is 0.500. The van der Waals surface area contributed by atoms with Gasteiger partial charge in [0.15, 0.2) is 0 Å². The van der Waals surface area contributed by atoms with Crippen LogP contribution in [0, 0.1) is 0 Å². The molecule has 0 saturated heterocycles. The van der Waals surface area contributed by atoms with E-state index in [-0.39, 0.29) is 17.8 Å². The van der Waals surface area contributed by atoms with Gasteiger partial charge in [0.05, 0.1) is 0 Å². The van der Waals surface area contributed by atoms with Crippen molar-refractivity contribution in [1.29, 1.82) is 0 Å². The molecule has 26 heavy (non-hydrogen) atoms. The van der Waals surface area contributed by atoms with Gasteiger partial charge in [0.25, 0.3) is 0 Å². The zero-order valence-corrected chi connectivity index (χ0v) is 15.8. The highest BCUT2D eigenvalue weighted by Gasteiger charge is 2.33.